The Labute approximate surface area is 155 Å². The molecule has 0 aromatic heterocycles. The van der Waals surface area contributed by atoms with Crippen molar-refractivity contribution in [3.63, 3.8) is 0 Å². The van der Waals surface area contributed by atoms with E-state index in [0.29, 0.717) is 11.3 Å². The predicted molar refractivity (Wildman–Crippen MR) is 94.8 cm³/mol. The molecule has 25 heavy (non-hydrogen) atoms. The van der Waals surface area contributed by atoms with Crippen LogP contribution in [0, 0.1) is 3.57 Å². The summed E-state index contributed by atoms with van der Waals surface area (Å²) in [5.74, 6) is -0.379. The zero-order valence-electron chi connectivity index (χ0n) is 12.5. The number of halogens is 4. The van der Waals surface area contributed by atoms with Gasteiger partial charge in [-0.25, -0.2) is 13.1 Å². The Morgan fingerprint density at radius 3 is 2.20 bits per heavy atom. The van der Waals surface area contributed by atoms with Crippen molar-refractivity contribution in [2.75, 3.05) is 11.9 Å². The lowest BCUT2D eigenvalue weighted by molar-refractivity contribution is -0.121. The highest BCUT2D eigenvalue weighted by Crippen LogP contribution is 2.18. The highest BCUT2D eigenvalue weighted by Gasteiger charge is 2.30. The number of benzene rings is 2. The Balaban J connectivity index is 2.10. The van der Waals surface area contributed by atoms with Crippen LogP contribution in [0.3, 0.4) is 0 Å². The number of amides is 1. The van der Waals surface area contributed by atoms with E-state index in [1.54, 1.807) is 24.3 Å². The molecule has 0 spiro atoms. The Morgan fingerprint density at radius 1 is 1.04 bits per heavy atom. The summed E-state index contributed by atoms with van der Waals surface area (Å²) in [6.45, 7) is -1.65. The molecule has 0 saturated heterocycles. The maximum Gasteiger partial charge on any atom is 0.402 e. The molecule has 2 aromatic carbocycles. The number of anilines is 1. The fourth-order valence-electron chi connectivity index (χ4n) is 1.82. The molecule has 0 unspecified atom stereocenters. The standard InChI is InChI=1S/C15H12F3IN2O3S/c16-15(17,18)9-20-25(23,24)11-7-5-10(6-8-11)21-14(22)12-3-1-2-4-13(12)19/h1-8,20H,9H2,(H,21,22). The molecule has 0 aliphatic rings. The van der Waals surface area contributed by atoms with E-state index >= 15 is 0 Å². The third-order valence-electron chi connectivity index (χ3n) is 3.00. The molecule has 0 atom stereocenters. The highest BCUT2D eigenvalue weighted by atomic mass is 127. The molecular formula is C15H12F3IN2O3S. The van der Waals surface area contributed by atoms with Gasteiger partial charge in [-0.2, -0.15) is 13.2 Å². The van der Waals surface area contributed by atoms with Crippen LogP contribution in [0.4, 0.5) is 18.9 Å². The fourth-order valence-corrected chi connectivity index (χ4v) is 3.47. The molecule has 0 aliphatic heterocycles. The van der Waals surface area contributed by atoms with E-state index in [1.165, 1.54) is 16.9 Å². The second-order valence-electron chi connectivity index (χ2n) is 4.90. The Bertz CT molecular complexity index is 868. The van der Waals surface area contributed by atoms with Crippen molar-refractivity contribution >= 4 is 44.2 Å². The Hall–Kier alpha value is -1.66. The zero-order valence-corrected chi connectivity index (χ0v) is 15.4. The van der Waals surface area contributed by atoms with Crippen molar-refractivity contribution in [1.82, 2.24) is 4.72 Å². The third kappa shape index (κ3) is 5.68. The van der Waals surface area contributed by atoms with Crippen molar-refractivity contribution < 1.29 is 26.4 Å². The van der Waals surface area contributed by atoms with Crippen molar-refractivity contribution in [3.05, 3.63) is 57.7 Å². The summed E-state index contributed by atoms with van der Waals surface area (Å²) >= 11 is 2.01. The number of hydrogen-bond donors (Lipinski definition) is 2. The molecule has 134 valence electrons. The Kier molecular flexibility index (Phi) is 6.06. The lowest BCUT2D eigenvalue weighted by Gasteiger charge is -2.10. The van der Waals surface area contributed by atoms with Gasteiger partial charge in [0.05, 0.1) is 10.5 Å². The molecule has 1 amide bonds. The largest absolute Gasteiger partial charge is 0.402 e. The van der Waals surface area contributed by atoms with Gasteiger partial charge in [0.2, 0.25) is 10.0 Å². The van der Waals surface area contributed by atoms with Gasteiger partial charge in [-0.05, 0) is 59.0 Å². The van der Waals surface area contributed by atoms with Crippen LogP contribution in [0.5, 0.6) is 0 Å². The van der Waals surface area contributed by atoms with Gasteiger partial charge in [0, 0.05) is 9.26 Å². The molecule has 2 aromatic rings. The maximum absolute atomic E-state index is 12.2. The average Bonchev–Trinajstić information content (AvgIpc) is 2.53. The summed E-state index contributed by atoms with van der Waals surface area (Å²) in [7, 11) is -4.28. The van der Waals surface area contributed by atoms with Gasteiger partial charge < -0.3 is 5.32 Å². The maximum atomic E-state index is 12.2. The molecule has 10 heteroatoms. The molecule has 2 rings (SSSR count). The number of alkyl halides is 3. The molecule has 0 saturated carbocycles. The number of carbonyl (C=O) groups excluding carboxylic acids is 1. The minimum Gasteiger partial charge on any atom is -0.322 e. The summed E-state index contributed by atoms with van der Waals surface area (Å²) in [6.07, 6.45) is -4.65. The Morgan fingerprint density at radius 2 is 1.64 bits per heavy atom. The van der Waals surface area contributed by atoms with Gasteiger partial charge >= 0.3 is 6.18 Å². The van der Waals surface area contributed by atoms with Crippen LogP contribution in [0.25, 0.3) is 0 Å². The monoisotopic (exact) mass is 484 g/mol. The fraction of sp³-hybridized carbons (Fsp3) is 0.133. The normalized spacial score (nSPS) is 12.0. The van der Waals surface area contributed by atoms with Gasteiger partial charge in [0.1, 0.15) is 6.54 Å². The van der Waals surface area contributed by atoms with Crippen LogP contribution in [0.2, 0.25) is 0 Å². The van der Waals surface area contributed by atoms with Gasteiger partial charge in [0.25, 0.3) is 5.91 Å². The summed E-state index contributed by atoms with van der Waals surface area (Å²) in [5, 5.41) is 2.59. The van der Waals surface area contributed by atoms with Crippen molar-refractivity contribution in [2.45, 2.75) is 11.1 Å². The summed E-state index contributed by atoms with van der Waals surface area (Å²) in [6, 6.07) is 11.7. The summed E-state index contributed by atoms with van der Waals surface area (Å²) in [4.78, 5) is 11.8. The van der Waals surface area contributed by atoms with Gasteiger partial charge in [-0.3, -0.25) is 4.79 Å². The van der Waals surface area contributed by atoms with Gasteiger partial charge in [-0.1, -0.05) is 12.1 Å². The number of sulfonamides is 1. The van der Waals surface area contributed by atoms with E-state index in [1.807, 2.05) is 22.6 Å². The minimum atomic E-state index is -4.65. The van der Waals surface area contributed by atoms with E-state index in [4.69, 9.17) is 0 Å². The number of nitrogens with one attached hydrogen (secondary N) is 2. The molecule has 2 N–H and O–H groups in total. The zero-order chi connectivity index (χ0) is 18.7. The molecule has 0 radical (unpaired) electrons. The first-order valence-corrected chi connectivity index (χ1v) is 9.37. The lowest BCUT2D eigenvalue weighted by atomic mass is 10.2. The first kappa shape index (κ1) is 19.7. The number of carbonyl (C=O) groups is 1. The predicted octanol–water partition coefficient (Wildman–Crippen LogP) is 3.38. The van der Waals surface area contributed by atoms with E-state index in [9.17, 15) is 26.4 Å². The second kappa shape index (κ2) is 7.70. The van der Waals surface area contributed by atoms with Crippen LogP contribution >= 0.6 is 22.6 Å². The quantitative estimate of drug-likeness (QED) is 0.640. The molecule has 0 aliphatic carbocycles. The average molecular weight is 484 g/mol. The van der Waals surface area contributed by atoms with Gasteiger partial charge in [-0.15, -0.1) is 0 Å². The first-order valence-electron chi connectivity index (χ1n) is 6.81. The molecular weight excluding hydrogens is 472 g/mol. The second-order valence-corrected chi connectivity index (χ2v) is 7.83. The van der Waals surface area contributed by atoms with Crippen LogP contribution < -0.4 is 10.0 Å². The van der Waals surface area contributed by atoms with E-state index < -0.39 is 22.7 Å². The van der Waals surface area contributed by atoms with Crippen LogP contribution in [-0.4, -0.2) is 27.0 Å². The van der Waals surface area contributed by atoms with E-state index in [2.05, 4.69) is 5.32 Å². The van der Waals surface area contributed by atoms with Crippen molar-refractivity contribution in [1.29, 1.82) is 0 Å². The van der Waals surface area contributed by atoms with Crippen molar-refractivity contribution in [2.24, 2.45) is 0 Å². The van der Waals surface area contributed by atoms with E-state index in [0.717, 1.165) is 15.7 Å². The smallest absolute Gasteiger partial charge is 0.322 e. The van der Waals surface area contributed by atoms with Crippen LogP contribution in [-0.2, 0) is 10.0 Å². The molecule has 0 heterocycles. The van der Waals surface area contributed by atoms with E-state index in [-0.39, 0.29) is 10.8 Å². The third-order valence-corrected chi connectivity index (χ3v) is 5.36. The summed E-state index contributed by atoms with van der Waals surface area (Å²) in [5.41, 5.74) is 0.770. The SMILES string of the molecule is O=C(Nc1ccc(S(=O)(=O)NCC(F)(F)F)cc1)c1ccccc1I. The number of rotatable bonds is 5. The topological polar surface area (TPSA) is 75.3 Å². The van der Waals surface area contributed by atoms with Gasteiger partial charge in [0.15, 0.2) is 0 Å². The minimum absolute atomic E-state index is 0.319. The summed E-state index contributed by atoms with van der Waals surface area (Å²) < 4.78 is 62.2. The molecule has 0 fully saturated rings. The van der Waals surface area contributed by atoms with Crippen molar-refractivity contribution in [3.8, 4) is 0 Å². The van der Waals surface area contributed by atoms with Crippen LogP contribution in [0.15, 0.2) is 53.4 Å². The number of hydrogen-bond acceptors (Lipinski definition) is 3. The lowest BCUT2D eigenvalue weighted by Crippen LogP contribution is -2.33. The highest BCUT2D eigenvalue weighted by molar-refractivity contribution is 14.1. The molecule has 5 nitrogen and oxygen atoms in total. The molecule has 0 bridgehead atoms. The first-order chi connectivity index (χ1) is 11.6. The van der Waals surface area contributed by atoms with Crippen LogP contribution in [0.1, 0.15) is 10.4 Å².